The van der Waals surface area contributed by atoms with Crippen LogP contribution in [0.1, 0.15) is 11.4 Å². The van der Waals surface area contributed by atoms with Crippen LogP contribution in [0, 0.1) is 22.7 Å². The van der Waals surface area contributed by atoms with E-state index >= 15 is 0 Å². The lowest BCUT2D eigenvalue weighted by Gasteiger charge is -2.16. The zero-order valence-corrected chi connectivity index (χ0v) is 17.9. The molecule has 0 aliphatic rings. The monoisotopic (exact) mass is 430 g/mol. The molecule has 154 valence electrons. The van der Waals surface area contributed by atoms with E-state index in [1.807, 2.05) is 24.3 Å². The minimum atomic E-state index is 0.0497. The van der Waals surface area contributed by atoms with Crippen molar-refractivity contribution in [1.82, 2.24) is 9.97 Å². The summed E-state index contributed by atoms with van der Waals surface area (Å²) in [7, 11) is 0. The average molecular weight is 430 g/mol. The number of rotatable bonds is 0. The summed E-state index contributed by atoms with van der Waals surface area (Å²) in [6.07, 6.45) is 0. The Morgan fingerprint density at radius 3 is 1.53 bits per heavy atom. The van der Waals surface area contributed by atoms with Gasteiger partial charge in [0.25, 0.3) is 0 Å². The molecule has 4 heteroatoms. The van der Waals surface area contributed by atoms with Gasteiger partial charge in [-0.3, -0.25) is 0 Å². The molecular weight excluding hydrogens is 416 g/mol. The largest absolute Gasteiger partial charge is 0.232 e. The number of hydrogen-bond donors (Lipinski definition) is 0. The number of benzene rings is 6. The Morgan fingerprint density at radius 2 is 0.941 bits per heavy atom. The van der Waals surface area contributed by atoms with Gasteiger partial charge in [-0.05, 0) is 49.8 Å². The predicted octanol–water partition coefficient (Wildman–Crippen LogP) is 7.14. The summed E-state index contributed by atoms with van der Waals surface area (Å²) in [5.74, 6) is 0. The van der Waals surface area contributed by atoms with E-state index in [4.69, 9.17) is 9.97 Å². The fraction of sp³-hybridized carbons (Fsp3) is 0. The van der Waals surface area contributed by atoms with E-state index in [1.54, 1.807) is 0 Å². The van der Waals surface area contributed by atoms with E-state index in [0.29, 0.717) is 11.0 Å². The van der Waals surface area contributed by atoms with Gasteiger partial charge in [0.05, 0.1) is 11.0 Å². The van der Waals surface area contributed by atoms with E-state index < -0.39 is 0 Å². The molecule has 0 unspecified atom stereocenters. The summed E-state index contributed by atoms with van der Waals surface area (Å²) in [6, 6.07) is 33.4. The Balaban J connectivity index is 1.93. The third-order valence-corrected chi connectivity index (χ3v) is 6.69. The van der Waals surface area contributed by atoms with Crippen molar-refractivity contribution in [2.75, 3.05) is 0 Å². The average Bonchev–Trinajstić information content (AvgIpc) is 2.91. The third-order valence-electron chi connectivity index (χ3n) is 6.69. The Labute approximate surface area is 193 Å². The fourth-order valence-electron chi connectivity index (χ4n) is 5.26. The number of hydrogen-bond acceptors (Lipinski definition) is 4. The summed E-state index contributed by atoms with van der Waals surface area (Å²) < 4.78 is 0. The van der Waals surface area contributed by atoms with Crippen molar-refractivity contribution in [3.63, 3.8) is 0 Å². The van der Waals surface area contributed by atoms with Crippen molar-refractivity contribution in [3.05, 3.63) is 96.3 Å². The first-order chi connectivity index (χ1) is 16.8. The summed E-state index contributed by atoms with van der Waals surface area (Å²) in [5, 5.41) is 30.1. The molecule has 0 saturated carbocycles. The first kappa shape index (κ1) is 18.5. The van der Waals surface area contributed by atoms with Gasteiger partial charge >= 0.3 is 0 Å². The standard InChI is InChI=1S/C30H14N4/c31-15-25-26(16-32)34-30-28-22-12-6-4-10-20(22)19-9-3-5-11-21(19)27(28)23-13-17-7-1-2-8-18(17)14-24(23)29(30)33-25/h1-14H. The Kier molecular flexibility index (Phi) is 3.66. The van der Waals surface area contributed by atoms with Gasteiger partial charge in [-0.2, -0.15) is 10.5 Å². The second-order valence-corrected chi connectivity index (χ2v) is 8.43. The van der Waals surface area contributed by atoms with E-state index in [9.17, 15) is 10.5 Å². The molecule has 1 aromatic heterocycles. The second kappa shape index (κ2) is 6.72. The quantitative estimate of drug-likeness (QED) is 0.189. The van der Waals surface area contributed by atoms with Crippen LogP contribution in [0.15, 0.2) is 84.9 Å². The molecular formula is C30H14N4. The van der Waals surface area contributed by atoms with E-state index in [0.717, 1.165) is 48.5 Å². The Morgan fingerprint density at radius 1 is 0.471 bits per heavy atom. The highest BCUT2D eigenvalue weighted by Gasteiger charge is 2.20. The summed E-state index contributed by atoms with van der Waals surface area (Å²) >= 11 is 0. The zero-order valence-electron chi connectivity index (χ0n) is 17.9. The first-order valence-corrected chi connectivity index (χ1v) is 11.0. The van der Waals surface area contributed by atoms with Crippen LogP contribution in [-0.4, -0.2) is 9.97 Å². The highest BCUT2D eigenvalue weighted by Crippen LogP contribution is 2.43. The molecule has 6 aromatic carbocycles. The van der Waals surface area contributed by atoms with Crippen LogP contribution in [0.5, 0.6) is 0 Å². The van der Waals surface area contributed by atoms with E-state index in [-0.39, 0.29) is 11.4 Å². The van der Waals surface area contributed by atoms with Crippen molar-refractivity contribution in [2.24, 2.45) is 0 Å². The molecule has 0 bridgehead atoms. The number of nitrogens with zero attached hydrogens (tertiary/aromatic N) is 4. The minimum Gasteiger partial charge on any atom is -0.232 e. The first-order valence-electron chi connectivity index (χ1n) is 11.0. The lowest BCUT2D eigenvalue weighted by molar-refractivity contribution is 1.21. The maximum absolute atomic E-state index is 9.72. The van der Waals surface area contributed by atoms with Gasteiger partial charge in [-0.15, -0.1) is 0 Å². The van der Waals surface area contributed by atoms with Crippen molar-refractivity contribution >= 4 is 64.9 Å². The van der Waals surface area contributed by atoms with Crippen molar-refractivity contribution in [1.29, 1.82) is 10.5 Å². The number of fused-ring (bicyclic) bond motifs is 12. The summed E-state index contributed by atoms with van der Waals surface area (Å²) in [5.41, 5.74) is 1.39. The topological polar surface area (TPSA) is 73.4 Å². The molecule has 0 fully saturated rings. The molecule has 0 aliphatic carbocycles. The summed E-state index contributed by atoms with van der Waals surface area (Å²) in [4.78, 5) is 9.42. The molecule has 0 N–H and O–H groups in total. The smallest absolute Gasteiger partial charge is 0.177 e. The third kappa shape index (κ3) is 2.34. The van der Waals surface area contributed by atoms with Crippen LogP contribution in [0.3, 0.4) is 0 Å². The van der Waals surface area contributed by atoms with Crippen molar-refractivity contribution in [3.8, 4) is 12.1 Å². The van der Waals surface area contributed by atoms with Crippen molar-refractivity contribution < 1.29 is 0 Å². The molecule has 7 aromatic rings. The van der Waals surface area contributed by atoms with Gasteiger partial charge in [-0.1, -0.05) is 72.8 Å². The fourth-order valence-corrected chi connectivity index (χ4v) is 5.26. The molecule has 0 aliphatic heterocycles. The van der Waals surface area contributed by atoms with Crippen LogP contribution in [0.25, 0.3) is 64.9 Å². The van der Waals surface area contributed by atoms with Gasteiger partial charge in [0.2, 0.25) is 0 Å². The minimum absolute atomic E-state index is 0.0497. The number of aromatic nitrogens is 2. The van der Waals surface area contributed by atoms with E-state index in [2.05, 4.69) is 72.8 Å². The predicted molar refractivity (Wildman–Crippen MR) is 136 cm³/mol. The normalized spacial score (nSPS) is 11.5. The van der Waals surface area contributed by atoms with Gasteiger partial charge in [0.1, 0.15) is 12.1 Å². The molecule has 0 saturated heterocycles. The van der Waals surface area contributed by atoms with Crippen LogP contribution >= 0.6 is 0 Å². The molecule has 7 rings (SSSR count). The maximum Gasteiger partial charge on any atom is 0.177 e. The van der Waals surface area contributed by atoms with Gasteiger partial charge < -0.3 is 0 Å². The maximum atomic E-state index is 9.72. The highest BCUT2D eigenvalue weighted by molar-refractivity contribution is 6.39. The molecule has 34 heavy (non-hydrogen) atoms. The van der Waals surface area contributed by atoms with Crippen LogP contribution in [-0.2, 0) is 0 Å². The van der Waals surface area contributed by atoms with Gasteiger partial charge in [0.15, 0.2) is 11.4 Å². The number of nitriles is 2. The Bertz CT molecular complexity index is 2090. The van der Waals surface area contributed by atoms with E-state index in [1.165, 1.54) is 5.39 Å². The van der Waals surface area contributed by atoms with Crippen molar-refractivity contribution in [2.45, 2.75) is 0 Å². The lowest BCUT2D eigenvalue weighted by atomic mass is 9.89. The molecule has 4 nitrogen and oxygen atoms in total. The summed E-state index contributed by atoms with van der Waals surface area (Å²) in [6.45, 7) is 0. The second-order valence-electron chi connectivity index (χ2n) is 8.43. The molecule has 0 spiro atoms. The SMILES string of the molecule is N#Cc1nc2c3cc4ccccc4cc3c3c4ccccc4c4ccccc4c3c2nc1C#N. The Hall–Kier alpha value is -5.06. The molecule has 1 heterocycles. The lowest BCUT2D eigenvalue weighted by Crippen LogP contribution is -1.98. The molecule has 0 amide bonds. The van der Waals surface area contributed by atoms with Gasteiger partial charge in [0, 0.05) is 16.2 Å². The molecule has 0 radical (unpaired) electrons. The van der Waals surface area contributed by atoms with Gasteiger partial charge in [-0.25, -0.2) is 9.97 Å². The highest BCUT2D eigenvalue weighted by atomic mass is 14.8. The zero-order chi connectivity index (χ0) is 22.8. The van der Waals surface area contributed by atoms with Crippen LogP contribution in [0.4, 0.5) is 0 Å². The molecule has 0 atom stereocenters. The van der Waals surface area contributed by atoms with Crippen LogP contribution < -0.4 is 0 Å². The van der Waals surface area contributed by atoms with Crippen LogP contribution in [0.2, 0.25) is 0 Å².